The summed E-state index contributed by atoms with van der Waals surface area (Å²) >= 11 is 0. The number of rotatable bonds is 34. The maximum atomic E-state index is 14.8. The van der Waals surface area contributed by atoms with Crippen LogP contribution in [0.4, 0.5) is 220 Å². The van der Waals surface area contributed by atoms with E-state index in [-0.39, 0.29) is 20.0 Å². The zero-order valence-corrected chi connectivity index (χ0v) is 46.1. The number of sulfonamides is 2. The second kappa shape index (κ2) is 25.1. The van der Waals surface area contributed by atoms with Crippen LogP contribution in [0.15, 0.2) is 0 Å². The molecule has 0 atom stereocenters. The molecule has 11 nitrogen and oxygen atoms in total. The van der Waals surface area contributed by atoms with Crippen molar-refractivity contribution in [2.45, 2.75) is 155 Å². The molecule has 64 heteroatoms. The number of phosphoric ester groups is 1. The van der Waals surface area contributed by atoms with Gasteiger partial charge in [-0.25, -0.2) is 16.8 Å². The third kappa shape index (κ3) is 12.3. The molecule has 0 bridgehead atoms. The van der Waals surface area contributed by atoms with Crippen LogP contribution in [0.3, 0.4) is 0 Å². The van der Waals surface area contributed by atoms with Crippen LogP contribution in [0, 0.1) is 0 Å². The molecule has 0 unspecified atom stereocenters. The van der Waals surface area contributed by atoms with E-state index in [2.05, 4.69) is 9.05 Å². The smallest absolute Gasteiger partial charge is 0.460 e. The molecule has 0 aromatic carbocycles. The van der Waals surface area contributed by atoms with E-state index in [1.165, 1.54) is 0 Å². The quantitative estimate of drug-likeness (QED) is 0.0490. The van der Waals surface area contributed by atoms with Crippen molar-refractivity contribution in [1.29, 1.82) is 0 Å². The third-order valence-corrected chi connectivity index (χ3v) is 16.8. The molecule has 0 rings (SSSR count). The van der Waals surface area contributed by atoms with Crippen LogP contribution < -0.4 is 11.0 Å². The molecule has 0 heterocycles. The fourth-order valence-electron chi connectivity index (χ4n) is 5.97. The molecule has 0 aliphatic rings. The van der Waals surface area contributed by atoms with Crippen LogP contribution in [0.1, 0.15) is 13.8 Å². The molecule has 4 N–H and O–H groups in total. The number of nitrogens with zero attached hydrogens (tertiary/aromatic N) is 2. The van der Waals surface area contributed by atoms with E-state index < -0.39 is 217 Å². The summed E-state index contributed by atoms with van der Waals surface area (Å²) in [6, 6.07) is 0. The molecule has 0 radical (unpaired) electrons. The van der Waals surface area contributed by atoms with Crippen LogP contribution in [-0.4, -0.2) is 206 Å². The Morgan fingerprint density at radius 2 is 0.396 bits per heavy atom. The Balaban J connectivity index is 0. The SMILES string of the molecule is CCN(CCOP(=O)([O-])OCCN(CC)S(=O)(=O)C(F)(F)C(F)(F)C(F)(F)C(F)(F)C(F)(F)C(F)(F)C(F)(F)C(F)(F)C(F)(F)C(F)(F)C(F)(F)C(F)(F)F)S(=O)(=O)C(F)(F)C(F)(F)C(F)(F)C(F)(F)C(F)(F)C(F)(F)C(F)(F)C(F)(F)C(F)(F)C(F)(F)C(F)(F)C(F)(F)F.[NH4+]. The zero-order valence-electron chi connectivity index (χ0n) is 43.6. The molecule has 0 amide bonds. The van der Waals surface area contributed by atoms with Gasteiger partial charge >= 0.3 is 141 Å². The van der Waals surface area contributed by atoms with Crippen molar-refractivity contribution in [3.8, 4) is 0 Å². The summed E-state index contributed by atoms with van der Waals surface area (Å²) in [5.41, 5.74) is 0. The second-order valence-corrected chi connectivity index (χ2v) is 23.0. The van der Waals surface area contributed by atoms with Gasteiger partial charge < -0.3 is 20.1 Å². The number of halogens is 50. The van der Waals surface area contributed by atoms with E-state index in [1.54, 1.807) is 0 Å². The van der Waals surface area contributed by atoms with E-state index in [0.717, 1.165) is 0 Å². The summed E-state index contributed by atoms with van der Waals surface area (Å²) in [6.45, 7) is -16.1. The predicted octanol–water partition coefficient (Wildman–Crippen LogP) is 15.2. The normalized spacial score (nSPS) is 16.8. The van der Waals surface area contributed by atoms with E-state index in [1.807, 2.05) is 0 Å². The average Bonchev–Trinajstić information content (AvgIpc) is 0.689. The summed E-state index contributed by atoms with van der Waals surface area (Å²) in [5.74, 6) is -195. The molecule has 580 valence electrons. The van der Waals surface area contributed by atoms with Crippen molar-refractivity contribution < 1.29 is 255 Å². The van der Waals surface area contributed by atoms with Gasteiger partial charge in [0.15, 0.2) is 0 Å². The molecule has 96 heavy (non-hydrogen) atoms. The fourth-order valence-corrected chi connectivity index (χ4v) is 9.51. The molecule has 0 spiro atoms. The lowest BCUT2D eigenvalue weighted by Gasteiger charge is -2.45. The van der Waals surface area contributed by atoms with Gasteiger partial charge in [-0.15, -0.1) is 0 Å². The van der Waals surface area contributed by atoms with E-state index in [0.29, 0.717) is 0 Å². The Morgan fingerprint density at radius 3 is 0.521 bits per heavy atom. The molecule has 0 aliphatic heterocycles. The summed E-state index contributed by atoms with van der Waals surface area (Å²) < 4.78 is 757. The minimum absolute atomic E-state index is 0. The van der Waals surface area contributed by atoms with Gasteiger partial charge in [-0.2, -0.15) is 228 Å². The molecular formula is C32H22F50N3O8PS2. The van der Waals surface area contributed by atoms with Gasteiger partial charge in [0.2, 0.25) is 0 Å². The lowest BCUT2D eigenvalue weighted by Crippen LogP contribution is -2.78. The highest BCUT2D eigenvalue weighted by Gasteiger charge is 3.03. The number of likely N-dealkylation sites (N-methyl/N-ethyl adjacent to an activating group) is 2. The van der Waals surface area contributed by atoms with Crippen LogP contribution in [0.2, 0.25) is 0 Å². The Kier molecular flexibility index (Phi) is 24.7. The lowest BCUT2D eigenvalue weighted by atomic mass is 9.85. The van der Waals surface area contributed by atoms with E-state index in [9.17, 15) is 246 Å². The third-order valence-electron chi connectivity index (χ3n) is 11.8. The maximum absolute atomic E-state index is 14.8. The van der Waals surface area contributed by atoms with Crippen molar-refractivity contribution in [2.75, 3.05) is 39.4 Å². The number of alkyl halides is 50. The second-order valence-electron chi connectivity index (χ2n) is 17.6. The first kappa shape index (κ1) is 94.4. The fraction of sp³-hybridized carbons (Fsp3) is 1.00. The van der Waals surface area contributed by atoms with Gasteiger partial charge in [-0.1, -0.05) is 13.8 Å². The zero-order chi connectivity index (χ0) is 78.3. The standard InChI is InChI=1S/C32H19F50N2O8PS2.H3N/c1-3-83(94(87,88)31(79,80)27(69,70)23(61,62)19(53,54)15(45,46)11(37,38)9(33,34)13(41,42)17(49,50)21(57,58)25(65,66)29(73,74)75)5-7-91-93(85,86)92-8-6-84(4-2)95(89,90)32(81,82)28(71,72)24(63,64)20(55,56)16(47,48)12(39,40)10(35,36)14(43,44)18(51,52)22(59,60)26(67,68)30(76,77)78;/h3-8H2,1-2H3,(H,85,86);1H3. The van der Waals surface area contributed by atoms with Crippen LogP contribution in [0.25, 0.3) is 0 Å². The Labute approximate surface area is 492 Å². The minimum atomic E-state index is -10.1. The number of phosphoric acid groups is 1. The summed E-state index contributed by atoms with van der Waals surface area (Å²) in [6.07, 6.45) is -16.9. The van der Waals surface area contributed by atoms with Crippen molar-refractivity contribution in [2.24, 2.45) is 0 Å². The molecule has 0 aliphatic carbocycles. The highest BCUT2D eigenvalue weighted by atomic mass is 32.2. The predicted molar refractivity (Wildman–Crippen MR) is 199 cm³/mol. The van der Waals surface area contributed by atoms with Gasteiger partial charge in [0, 0.05) is 26.2 Å². The first-order valence-electron chi connectivity index (χ1n) is 21.4. The Bertz CT molecular complexity index is 2820. The molecule has 0 aromatic heterocycles. The van der Waals surface area contributed by atoms with Crippen LogP contribution in [0.5, 0.6) is 0 Å². The minimum Gasteiger partial charge on any atom is -0.756 e. The van der Waals surface area contributed by atoms with Crippen molar-refractivity contribution in [3.05, 3.63) is 0 Å². The summed E-state index contributed by atoms with van der Waals surface area (Å²) in [7, 11) is -24.2. The maximum Gasteiger partial charge on any atom is 0.460 e. The van der Waals surface area contributed by atoms with Crippen molar-refractivity contribution >= 4 is 27.9 Å². The van der Waals surface area contributed by atoms with Gasteiger partial charge in [0.05, 0.1) is 13.2 Å². The van der Waals surface area contributed by atoms with Gasteiger partial charge in [-0.05, 0) is 0 Å². The van der Waals surface area contributed by atoms with Gasteiger partial charge in [0.1, 0.15) is 0 Å². The molecule has 0 aromatic rings. The van der Waals surface area contributed by atoms with Crippen LogP contribution >= 0.6 is 7.82 Å². The number of hydrogen-bond acceptors (Lipinski definition) is 8. The average molecular weight is 1620 g/mol. The lowest BCUT2D eigenvalue weighted by molar-refractivity contribution is -0.480. The first-order chi connectivity index (χ1) is 40.3. The topological polar surface area (TPSA) is 170 Å². The van der Waals surface area contributed by atoms with E-state index >= 15 is 0 Å². The number of quaternary nitrogens is 1. The molecule has 0 saturated heterocycles. The molecule has 0 saturated carbocycles. The summed E-state index contributed by atoms with van der Waals surface area (Å²) in [4.78, 5) is 12.0. The van der Waals surface area contributed by atoms with Crippen molar-refractivity contribution in [3.63, 3.8) is 0 Å². The number of hydrogen-bond donors (Lipinski definition) is 1. The van der Waals surface area contributed by atoms with E-state index in [4.69, 9.17) is 0 Å². The van der Waals surface area contributed by atoms with Crippen LogP contribution in [-0.2, 0) is 33.7 Å². The van der Waals surface area contributed by atoms with Gasteiger partial charge in [-0.3, -0.25) is 4.57 Å². The summed E-state index contributed by atoms with van der Waals surface area (Å²) in [5, 5.41) is -17.4. The largest absolute Gasteiger partial charge is 0.756 e. The molecular weight excluding hydrogens is 1600 g/mol. The molecule has 0 fully saturated rings. The van der Waals surface area contributed by atoms with Gasteiger partial charge in [0.25, 0.3) is 27.9 Å². The van der Waals surface area contributed by atoms with Crippen molar-refractivity contribution in [1.82, 2.24) is 14.8 Å². The Hall–Kier alpha value is -3.61. The first-order valence-corrected chi connectivity index (χ1v) is 25.7. The Morgan fingerprint density at radius 1 is 0.271 bits per heavy atom. The highest BCUT2D eigenvalue weighted by molar-refractivity contribution is 7.90. The highest BCUT2D eigenvalue weighted by Crippen LogP contribution is 2.71. The monoisotopic (exact) mass is 1620 g/mol.